The average molecular weight is 376 g/mol. The number of sulfonamides is 1. The van der Waals surface area contributed by atoms with E-state index in [-0.39, 0.29) is 23.4 Å². The highest BCUT2D eigenvalue weighted by Gasteiger charge is 2.15. The molecule has 0 unspecified atom stereocenters. The Morgan fingerprint density at radius 2 is 1.81 bits per heavy atom. The van der Waals surface area contributed by atoms with Crippen molar-refractivity contribution in [3.63, 3.8) is 0 Å². The molecule has 1 amide bonds. The quantitative estimate of drug-likeness (QED) is 0.741. The summed E-state index contributed by atoms with van der Waals surface area (Å²) in [6, 6.07) is 13.4. The summed E-state index contributed by atoms with van der Waals surface area (Å²) in [7, 11) is -2.03. The van der Waals surface area contributed by atoms with Gasteiger partial charge in [0.2, 0.25) is 10.0 Å². The lowest BCUT2D eigenvalue weighted by Crippen LogP contribution is -2.30. The van der Waals surface area contributed by atoms with Crippen LogP contribution >= 0.6 is 0 Å². The van der Waals surface area contributed by atoms with Gasteiger partial charge in [0.05, 0.1) is 12.0 Å². The van der Waals surface area contributed by atoms with Crippen LogP contribution in [-0.2, 0) is 16.4 Å². The van der Waals surface area contributed by atoms with E-state index in [0.717, 1.165) is 11.3 Å². The zero-order valence-electron chi connectivity index (χ0n) is 15.2. The molecule has 26 heavy (non-hydrogen) atoms. The second-order valence-electron chi connectivity index (χ2n) is 6.15. The number of hydrogen-bond acceptors (Lipinski definition) is 4. The molecule has 7 heteroatoms. The van der Waals surface area contributed by atoms with E-state index in [2.05, 4.69) is 10.0 Å². The lowest BCUT2D eigenvalue weighted by Gasteiger charge is -2.10. The van der Waals surface area contributed by atoms with E-state index in [9.17, 15) is 13.2 Å². The third kappa shape index (κ3) is 5.57. The maximum Gasteiger partial charge on any atom is 0.251 e. The summed E-state index contributed by atoms with van der Waals surface area (Å²) in [5, 5.41) is 2.76. The molecule has 0 aromatic heterocycles. The van der Waals surface area contributed by atoms with E-state index in [1.165, 1.54) is 24.3 Å². The summed E-state index contributed by atoms with van der Waals surface area (Å²) in [5.74, 6) is 0.510. The van der Waals surface area contributed by atoms with Crippen molar-refractivity contribution in [2.45, 2.75) is 31.2 Å². The molecule has 2 aromatic rings. The Hall–Kier alpha value is -2.38. The van der Waals surface area contributed by atoms with Gasteiger partial charge in [0.25, 0.3) is 5.91 Å². The topological polar surface area (TPSA) is 84.5 Å². The molecule has 0 saturated carbocycles. The Bertz CT molecular complexity index is 846. The monoisotopic (exact) mass is 376 g/mol. The number of amides is 1. The summed E-state index contributed by atoms with van der Waals surface area (Å²) >= 11 is 0. The Morgan fingerprint density at radius 3 is 2.42 bits per heavy atom. The van der Waals surface area contributed by atoms with Crippen molar-refractivity contribution in [3.05, 3.63) is 59.7 Å². The van der Waals surface area contributed by atoms with Crippen LogP contribution < -0.4 is 14.8 Å². The molecule has 140 valence electrons. The molecule has 2 N–H and O–H groups in total. The van der Waals surface area contributed by atoms with Crippen LogP contribution in [0.25, 0.3) is 0 Å². The SMILES string of the molecule is COc1cccc(CCNS(=O)(=O)c2ccc(C(=O)NC(C)C)cc2)c1. The summed E-state index contributed by atoms with van der Waals surface area (Å²) in [6.07, 6.45) is 0.547. The van der Waals surface area contributed by atoms with Crippen LogP contribution in [0.5, 0.6) is 5.75 Å². The summed E-state index contributed by atoms with van der Waals surface area (Å²) < 4.78 is 32.5. The predicted octanol–water partition coefficient (Wildman–Crippen LogP) is 2.35. The number of methoxy groups -OCH3 is 1. The first-order chi connectivity index (χ1) is 12.3. The van der Waals surface area contributed by atoms with Crippen molar-refractivity contribution < 1.29 is 17.9 Å². The van der Waals surface area contributed by atoms with Gasteiger partial charge in [0.15, 0.2) is 0 Å². The summed E-state index contributed by atoms with van der Waals surface area (Å²) in [4.78, 5) is 12.0. The minimum Gasteiger partial charge on any atom is -0.497 e. The van der Waals surface area contributed by atoms with E-state index >= 15 is 0 Å². The predicted molar refractivity (Wildman–Crippen MR) is 101 cm³/mol. The fraction of sp³-hybridized carbons (Fsp3) is 0.316. The van der Waals surface area contributed by atoms with Crippen molar-refractivity contribution in [3.8, 4) is 5.75 Å². The van der Waals surface area contributed by atoms with Gasteiger partial charge in [-0.3, -0.25) is 4.79 Å². The van der Waals surface area contributed by atoms with Crippen LogP contribution in [0.2, 0.25) is 0 Å². The summed E-state index contributed by atoms with van der Waals surface area (Å²) in [5.41, 5.74) is 1.40. The van der Waals surface area contributed by atoms with Crippen LogP contribution in [0.15, 0.2) is 53.4 Å². The molecule has 0 aliphatic heterocycles. The molecule has 0 spiro atoms. The maximum absolute atomic E-state index is 12.4. The highest BCUT2D eigenvalue weighted by molar-refractivity contribution is 7.89. The van der Waals surface area contributed by atoms with Gasteiger partial charge in [-0.25, -0.2) is 13.1 Å². The number of carbonyl (C=O) groups excluding carboxylic acids is 1. The average Bonchev–Trinajstić information content (AvgIpc) is 2.61. The zero-order valence-corrected chi connectivity index (χ0v) is 16.0. The van der Waals surface area contributed by atoms with Gasteiger partial charge in [0, 0.05) is 18.2 Å². The van der Waals surface area contributed by atoms with Crippen molar-refractivity contribution in [1.82, 2.24) is 10.0 Å². The number of carbonyl (C=O) groups is 1. The van der Waals surface area contributed by atoms with Gasteiger partial charge < -0.3 is 10.1 Å². The van der Waals surface area contributed by atoms with Crippen LogP contribution in [0, 0.1) is 0 Å². The second kappa shape index (κ2) is 8.82. The molecule has 0 aliphatic rings. The Kier molecular flexibility index (Phi) is 6.76. The molecule has 0 radical (unpaired) electrons. The van der Waals surface area contributed by atoms with Crippen LogP contribution in [0.1, 0.15) is 29.8 Å². The van der Waals surface area contributed by atoms with Crippen molar-refractivity contribution in [2.75, 3.05) is 13.7 Å². The van der Waals surface area contributed by atoms with Crippen LogP contribution in [0.4, 0.5) is 0 Å². The first-order valence-electron chi connectivity index (χ1n) is 8.35. The number of ether oxygens (including phenoxy) is 1. The molecule has 0 atom stereocenters. The minimum absolute atomic E-state index is 0.0178. The molecule has 0 saturated heterocycles. The highest BCUT2D eigenvalue weighted by atomic mass is 32.2. The summed E-state index contributed by atoms with van der Waals surface area (Å²) in [6.45, 7) is 4.00. The molecule has 0 heterocycles. The second-order valence-corrected chi connectivity index (χ2v) is 7.92. The van der Waals surface area contributed by atoms with Crippen LogP contribution in [0.3, 0.4) is 0 Å². The third-order valence-corrected chi connectivity index (χ3v) is 5.16. The molecular formula is C19H24N2O4S. The fourth-order valence-electron chi connectivity index (χ4n) is 2.37. The molecule has 0 bridgehead atoms. The van der Waals surface area contributed by atoms with Gasteiger partial charge in [-0.1, -0.05) is 12.1 Å². The maximum atomic E-state index is 12.4. The van der Waals surface area contributed by atoms with E-state index < -0.39 is 10.0 Å². The first-order valence-corrected chi connectivity index (χ1v) is 9.83. The zero-order chi connectivity index (χ0) is 19.2. The number of hydrogen-bond donors (Lipinski definition) is 2. The Labute approximate surface area is 154 Å². The van der Waals surface area contributed by atoms with Crippen molar-refractivity contribution in [1.29, 1.82) is 0 Å². The van der Waals surface area contributed by atoms with Gasteiger partial charge in [-0.15, -0.1) is 0 Å². The molecular weight excluding hydrogens is 352 g/mol. The van der Waals surface area contributed by atoms with E-state index in [0.29, 0.717) is 12.0 Å². The largest absolute Gasteiger partial charge is 0.497 e. The number of rotatable bonds is 8. The van der Waals surface area contributed by atoms with Gasteiger partial charge in [0.1, 0.15) is 5.75 Å². The Balaban J connectivity index is 1.97. The highest BCUT2D eigenvalue weighted by Crippen LogP contribution is 2.14. The fourth-order valence-corrected chi connectivity index (χ4v) is 3.40. The van der Waals surface area contributed by atoms with E-state index in [1.807, 2.05) is 38.1 Å². The molecule has 2 aromatic carbocycles. The standard InChI is InChI=1S/C19H24N2O4S/c1-14(2)21-19(22)16-7-9-18(10-8-16)26(23,24)20-12-11-15-5-4-6-17(13-15)25-3/h4-10,13-14,20H,11-12H2,1-3H3,(H,21,22). The lowest BCUT2D eigenvalue weighted by atomic mass is 10.1. The molecule has 0 fully saturated rings. The molecule has 0 aliphatic carbocycles. The normalized spacial score (nSPS) is 11.4. The van der Waals surface area contributed by atoms with Crippen molar-refractivity contribution >= 4 is 15.9 Å². The molecule has 6 nitrogen and oxygen atoms in total. The first kappa shape index (κ1) is 19.9. The van der Waals surface area contributed by atoms with Gasteiger partial charge in [-0.2, -0.15) is 0 Å². The smallest absolute Gasteiger partial charge is 0.251 e. The van der Waals surface area contributed by atoms with Gasteiger partial charge in [-0.05, 0) is 62.2 Å². The molecule has 2 rings (SSSR count). The third-order valence-electron chi connectivity index (χ3n) is 3.69. The lowest BCUT2D eigenvalue weighted by molar-refractivity contribution is 0.0943. The van der Waals surface area contributed by atoms with E-state index in [4.69, 9.17) is 4.74 Å². The van der Waals surface area contributed by atoms with Gasteiger partial charge >= 0.3 is 0 Å². The minimum atomic E-state index is -3.62. The Morgan fingerprint density at radius 1 is 1.12 bits per heavy atom. The number of benzene rings is 2. The number of nitrogens with one attached hydrogen (secondary N) is 2. The van der Waals surface area contributed by atoms with E-state index in [1.54, 1.807) is 7.11 Å². The van der Waals surface area contributed by atoms with Crippen LogP contribution in [-0.4, -0.2) is 34.0 Å². The van der Waals surface area contributed by atoms with Crippen molar-refractivity contribution in [2.24, 2.45) is 0 Å².